The van der Waals surface area contributed by atoms with Crippen LogP contribution in [0.15, 0.2) is 0 Å². The van der Waals surface area contributed by atoms with Crippen LogP contribution in [0.2, 0.25) is 0 Å². The molecular formula is C35H71O9P. The van der Waals surface area contributed by atoms with Crippen LogP contribution in [0.1, 0.15) is 174 Å². The van der Waals surface area contributed by atoms with Gasteiger partial charge in [-0.15, -0.1) is 0 Å². The molecule has 0 amide bonds. The van der Waals surface area contributed by atoms with E-state index in [0.29, 0.717) is 6.61 Å². The second-order valence-corrected chi connectivity index (χ2v) is 14.1. The summed E-state index contributed by atoms with van der Waals surface area (Å²) in [5, 5.41) is 18.2. The molecule has 0 aliphatic carbocycles. The third-order valence-corrected chi connectivity index (χ3v) is 8.99. The lowest BCUT2D eigenvalue weighted by molar-refractivity contribution is -0.154. The molecule has 270 valence electrons. The topological polar surface area (TPSA) is 132 Å². The number of unbranched alkanes of at least 4 members (excludes halogenated alkanes) is 22. The van der Waals surface area contributed by atoms with Gasteiger partial charge in [-0.05, 0) is 12.8 Å². The van der Waals surface area contributed by atoms with Gasteiger partial charge in [-0.2, -0.15) is 0 Å². The minimum Gasteiger partial charge on any atom is -0.457 e. The summed E-state index contributed by atoms with van der Waals surface area (Å²) in [5.41, 5.74) is 0. The van der Waals surface area contributed by atoms with Gasteiger partial charge >= 0.3 is 13.8 Å². The molecule has 3 unspecified atom stereocenters. The summed E-state index contributed by atoms with van der Waals surface area (Å²) in [7, 11) is -4.50. The van der Waals surface area contributed by atoms with Crippen LogP contribution < -0.4 is 0 Å². The van der Waals surface area contributed by atoms with E-state index in [9.17, 15) is 19.4 Å². The highest BCUT2D eigenvalue weighted by Crippen LogP contribution is 2.43. The molecule has 10 heteroatoms. The Balaban J connectivity index is 4.16. The zero-order chi connectivity index (χ0) is 33.3. The van der Waals surface area contributed by atoms with Gasteiger partial charge in [0.1, 0.15) is 12.2 Å². The fourth-order valence-corrected chi connectivity index (χ4v) is 5.97. The highest BCUT2D eigenvalue weighted by atomic mass is 31.2. The number of phosphoric acid groups is 1. The lowest BCUT2D eigenvalue weighted by Crippen LogP contribution is -2.29. The average Bonchev–Trinajstić information content (AvgIpc) is 3.03. The molecule has 9 nitrogen and oxygen atoms in total. The Morgan fingerprint density at radius 3 is 1.44 bits per heavy atom. The summed E-state index contributed by atoms with van der Waals surface area (Å²) in [6.07, 6.45) is 27.8. The van der Waals surface area contributed by atoms with E-state index in [0.717, 1.165) is 32.1 Å². The lowest BCUT2D eigenvalue weighted by atomic mass is 10.0. The van der Waals surface area contributed by atoms with Crippen LogP contribution in [0.3, 0.4) is 0 Å². The van der Waals surface area contributed by atoms with Gasteiger partial charge < -0.3 is 24.6 Å². The molecule has 0 saturated heterocycles. The van der Waals surface area contributed by atoms with Crippen molar-refractivity contribution < 1.29 is 43.0 Å². The van der Waals surface area contributed by atoms with Crippen molar-refractivity contribution in [3.8, 4) is 0 Å². The minimum atomic E-state index is -4.50. The van der Waals surface area contributed by atoms with Crippen molar-refractivity contribution in [2.24, 2.45) is 0 Å². The summed E-state index contributed by atoms with van der Waals surface area (Å²) in [6.45, 7) is 3.52. The molecule has 3 atom stereocenters. The Morgan fingerprint density at radius 1 is 0.600 bits per heavy atom. The molecule has 0 heterocycles. The van der Waals surface area contributed by atoms with E-state index in [2.05, 4.69) is 13.8 Å². The maximum absolute atomic E-state index is 12.5. The zero-order valence-electron chi connectivity index (χ0n) is 29.1. The molecule has 0 aromatic rings. The van der Waals surface area contributed by atoms with Crippen molar-refractivity contribution in [3.63, 3.8) is 0 Å². The van der Waals surface area contributed by atoms with E-state index in [-0.39, 0.29) is 25.6 Å². The molecule has 0 radical (unpaired) electrons. The maximum atomic E-state index is 12.5. The van der Waals surface area contributed by atoms with Crippen molar-refractivity contribution in [3.05, 3.63) is 0 Å². The standard InChI is InChI=1S/C35H71O9P/c1-3-5-7-9-11-13-14-15-16-17-18-20-22-24-26-28-41-31-34(32-43-45(39,40)42-30-33(37)29-36)44-35(38)27-25-23-21-19-12-10-8-6-4-2/h33-34,36-37H,3-32H2,1-2H3,(H,39,40). The van der Waals surface area contributed by atoms with Crippen molar-refractivity contribution >= 4 is 13.8 Å². The Hall–Kier alpha value is -0.540. The van der Waals surface area contributed by atoms with Crippen LogP contribution in [-0.4, -0.2) is 66.3 Å². The van der Waals surface area contributed by atoms with E-state index in [1.54, 1.807) is 0 Å². The highest BCUT2D eigenvalue weighted by molar-refractivity contribution is 7.47. The lowest BCUT2D eigenvalue weighted by Gasteiger charge is -2.20. The Kier molecular flexibility index (Phi) is 33.0. The van der Waals surface area contributed by atoms with E-state index in [4.69, 9.17) is 23.6 Å². The zero-order valence-corrected chi connectivity index (χ0v) is 30.0. The van der Waals surface area contributed by atoms with Crippen molar-refractivity contribution in [2.45, 2.75) is 187 Å². The van der Waals surface area contributed by atoms with Crippen LogP contribution in [0.4, 0.5) is 0 Å². The van der Waals surface area contributed by atoms with Gasteiger partial charge in [0.25, 0.3) is 0 Å². The number of esters is 1. The van der Waals surface area contributed by atoms with E-state index >= 15 is 0 Å². The molecule has 0 aliphatic heterocycles. The first-order valence-corrected chi connectivity index (χ1v) is 20.0. The maximum Gasteiger partial charge on any atom is 0.472 e. The van der Waals surface area contributed by atoms with Crippen LogP contribution in [0.25, 0.3) is 0 Å². The number of carbonyl (C=O) groups is 1. The Morgan fingerprint density at radius 2 is 1.00 bits per heavy atom. The summed E-state index contributed by atoms with van der Waals surface area (Å²) in [5.74, 6) is -0.383. The van der Waals surface area contributed by atoms with Crippen LogP contribution in [0.5, 0.6) is 0 Å². The van der Waals surface area contributed by atoms with Gasteiger partial charge in [-0.25, -0.2) is 4.57 Å². The van der Waals surface area contributed by atoms with Gasteiger partial charge in [0.15, 0.2) is 0 Å². The number of hydrogen-bond acceptors (Lipinski definition) is 8. The molecule has 0 fully saturated rings. The SMILES string of the molecule is CCCCCCCCCCCCCCCCCOCC(COP(=O)(O)OCC(O)CO)OC(=O)CCCCCCCCCCC. The quantitative estimate of drug-likeness (QED) is 0.0340. The van der Waals surface area contributed by atoms with E-state index < -0.39 is 33.2 Å². The Bertz CT molecular complexity index is 680. The number of aliphatic hydroxyl groups excluding tert-OH is 2. The normalized spacial score (nSPS) is 14.3. The number of ether oxygens (including phenoxy) is 2. The molecule has 0 spiro atoms. The Labute approximate surface area is 276 Å². The third-order valence-electron chi connectivity index (χ3n) is 8.04. The van der Waals surface area contributed by atoms with Gasteiger partial charge in [-0.3, -0.25) is 13.8 Å². The number of hydrogen-bond donors (Lipinski definition) is 3. The minimum absolute atomic E-state index is 0.0569. The number of carbonyl (C=O) groups excluding carboxylic acids is 1. The van der Waals surface area contributed by atoms with Crippen LogP contribution in [0, 0.1) is 0 Å². The molecule has 0 rings (SSSR count). The van der Waals surface area contributed by atoms with Crippen LogP contribution in [-0.2, 0) is 27.9 Å². The van der Waals surface area contributed by atoms with Crippen molar-refractivity contribution in [2.75, 3.05) is 33.0 Å². The van der Waals surface area contributed by atoms with E-state index in [1.807, 2.05) is 0 Å². The number of phosphoric ester groups is 1. The van der Waals surface area contributed by atoms with Gasteiger partial charge in [0.2, 0.25) is 0 Å². The smallest absolute Gasteiger partial charge is 0.457 e. The summed E-state index contributed by atoms with van der Waals surface area (Å²) < 4.78 is 33.1. The molecule has 3 N–H and O–H groups in total. The summed E-state index contributed by atoms with van der Waals surface area (Å²) >= 11 is 0. The average molecular weight is 667 g/mol. The fraction of sp³-hybridized carbons (Fsp3) is 0.971. The third kappa shape index (κ3) is 33.2. The van der Waals surface area contributed by atoms with Gasteiger partial charge in [-0.1, -0.05) is 155 Å². The fourth-order valence-electron chi connectivity index (χ4n) is 5.18. The first kappa shape index (κ1) is 44.5. The van der Waals surface area contributed by atoms with Crippen molar-refractivity contribution in [1.29, 1.82) is 0 Å². The molecule has 0 aromatic carbocycles. The highest BCUT2D eigenvalue weighted by Gasteiger charge is 2.26. The summed E-state index contributed by atoms with van der Waals surface area (Å²) in [4.78, 5) is 22.4. The molecule has 0 bridgehead atoms. The van der Waals surface area contributed by atoms with Crippen LogP contribution >= 0.6 is 7.82 Å². The van der Waals surface area contributed by atoms with E-state index in [1.165, 1.54) is 122 Å². The predicted octanol–water partition coefficient (Wildman–Crippen LogP) is 9.19. The predicted molar refractivity (Wildman–Crippen MR) is 182 cm³/mol. The summed E-state index contributed by atoms with van der Waals surface area (Å²) in [6, 6.07) is 0. The van der Waals surface area contributed by atoms with Gasteiger partial charge in [0.05, 0.1) is 26.4 Å². The largest absolute Gasteiger partial charge is 0.472 e. The second-order valence-electron chi connectivity index (χ2n) is 12.6. The number of aliphatic hydroxyl groups is 2. The van der Waals surface area contributed by atoms with Gasteiger partial charge in [0, 0.05) is 13.0 Å². The molecular weight excluding hydrogens is 595 g/mol. The second kappa shape index (κ2) is 33.4. The molecule has 45 heavy (non-hydrogen) atoms. The first-order chi connectivity index (χ1) is 21.8. The molecule has 0 aliphatic rings. The molecule has 0 aromatic heterocycles. The monoisotopic (exact) mass is 666 g/mol. The number of rotatable bonds is 36. The molecule has 0 saturated carbocycles. The van der Waals surface area contributed by atoms with Crippen molar-refractivity contribution in [1.82, 2.24) is 0 Å². The first-order valence-electron chi connectivity index (χ1n) is 18.5.